The Morgan fingerprint density at radius 2 is 1.89 bits per heavy atom. The number of aliphatic carboxylic acids is 1. The van der Waals surface area contributed by atoms with Crippen LogP contribution < -0.4 is 5.32 Å². The first kappa shape index (κ1) is 26.8. The molecule has 0 aliphatic carbocycles. The molecule has 2 heterocycles. The third kappa shape index (κ3) is 5.82. The van der Waals surface area contributed by atoms with Crippen molar-refractivity contribution in [2.24, 2.45) is 0 Å². The van der Waals surface area contributed by atoms with Crippen molar-refractivity contribution in [1.29, 1.82) is 0 Å². The summed E-state index contributed by atoms with van der Waals surface area (Å²) in [5, 5.41) is 17.4. The zero-order valence-corrected chi connectivity index (χ0v) is 22.2. The zero-order chi connectivity index (χ0) is 27.4. The van der Waals surface area contributed by atoms with Gasteiger partial charge in [0.2, 0.25) is 5.91 Å². The summed E-state index contributed by atoms with van der Waals surface area (Å²) in [6.07, 6.45) is 4.89. The first-order valence-electron chi connectivity index (χ1n) is 12.8. The molecule has 0 fully saturated rings. The number of hydrogen-bond acceptors (Lipinski definition) is 5. The lowest BCUT2D eigenvalue weighted by Gasteiger charge is -2.18. The second-order valence-corrected chi connectivity index (χ2v) is 9.60. The van der Waals surface area contributed by atoms with Gasteiger partial charge in [0.1, 0.15) is 18.2 Å². The standard InChI is InChI=1S/C29H33N5O4/c1-5-27(35)23-11-12-24-18(2)15-33(26(24)14-23)19(3)29(38)32-25-13-21(16-34-20(4)30-17-31-34)9-10-22(25)7-6-8-28(36)37/h9-15,17,19H,5-8,16H2,1-4H3,(H,32,38)(H,36,37). The number of fused-ring (bicyclic) bond motifs is 1. The van der Waals surface area contributed by atoms with E-state index in [4.69, 9.17) is 5.11 Å². The Bertz CT molecular complexity index is 1500. The minimum atomic E-state index is -0.849. The van der Waals surface area contributed by atoms with E-state index in [1.54, 1.807) is 4.68 Å². The van der Waals surface area contributed by atoms with Crippen molar-refractivity contribution in [2.75, 3.05) is 5.32 Å². The fourth-order valence-corrected chi connectivity index (χ4v) is 4.62. The van der Waals surface area contributed by atoms with Crippen molar-refractivity contribution in [3.05, 3.63) is 77.0 Å². The summed E-state index contributed by atoms with van der Waals surface area (Å²) in [5.74, 6) is -0.216. The SMILES string of the molecule is CCC(=O)c1ccc2c(C)cn(C(C)C(=O)Nc3cc(Cn4ncnc4C)ccc3CCCC(=O)O)c2c1. The molecular weight excluding hydrogens is 482 g/mol. The van der Waals surface area contributed by atoms with Crippen LogP contribution in [0.3, 0.4) is 0 Å². The molecular formula is C29H33N5O4. The second kappa shape index (κ2) is 11.4. The molecule has 0 radical (unpaired) electrons. The topological polar surface area (TPSA) is 119 Å². The lowest BCUT2D eigenvalue weighted by molar-refractivity contribution is -0.137. The van der Waals surface area contributed by atoms with Crippen LogP contribution in [0.4, 0.5) is 5.69 Å². The van der Waals surface area contributed by atoms with E-state index < -0.39 is 12.0 Å². The van der Waals surface area contributed by atoms with Crippen LogP contribution >= 0.6 is 0 Å². The summed E-state index contributed by atoms with van der Waals surface area (Å²) in [5.41, 5.74) is 4.95. The number of hydrogen-bond donors (Lipinski definition) is 2. The molecule has 0 bridgehead atoms. The maximum Gasteiger partial charge on any atom is 0.303 e. The fraction of sp³-hybridized carbons (Fsp3) is 0.345. The number of benzene rings is 2. The number of ketones is 1. The van der Waals surface area contributed by atoms with Crippen LogP contribution in [0, 0.1) is 13.8 Å². The summed E-state index contributed by atoms with van der Waals surface area (Å²) in [4.78, 5) is 41.1. The highest BCUT2D eigenvalue weighted by atomic mass is 16.4. The van der Waals surface area contributed by atoms with Gasteiger partial charge in [-0.3, -0.25) is 14.4 Å². The monoisotopic (exact) mass is 515 g/mol. The molecule has 0 aliphatic rings. The average Bonchev–Trinajstić information content (AvgIpc) is 3.45. The lowest BCUT2D eigenvalue weighted by atomic mass is 10.0. The van der Waals surface area contributed by atoms with Crippen molar-refractivity contribution in [2.45, 2.75) is 66.0 Å². The Balaban J connectivity index is 1.63. The molecule has 1 unspecified atom stereocenters. The van der Waals surface area contributed by atoms with Gasteiger partial charge in [-0.1, -0.05) is 31.2 Å². The summed E-state index contributed by atoms with van der Waals surface area (Å²) < 4.78 is 3.68. The maximum absolute atomic E-state index is 13.5. The molecule has 0 saturated carbocycles. The minimum absolute atomic E-state index is 0.0527. The predicted molar refractivity (Wildman–Crippen MR) is 146 cm³/mol. The number of rotatable bonds is 11. The molecule has 2 aromatic heterocycles. The minimum Gasteiger partial charge on any atom is -0.481 e. The van der Waals surface area contributed by atoms with E-state index in [0.717, 1.165) is 33.4 Å². The Morgan fingerprint density at radius 3 is 2.58 bits per heavy atom. The molecule has 2 N–H and O–H groups in total. The number of nitrogens with one attached hydrogen (secondary N) is 1. The van der Waals surface area contributed by atoms with Gasteiger partial charge in [-0.25, -0.2) is 9.67 Å². The zero-order valence-electron chi connectivity index (χ0n) is 22.2. The normalized spacial score (nSPS) is 12.0. The van der Waals surface area contributed by atoms with E-state index in [0.29, 0.717) is 37.1 Å². The highest BCUT2D eigenvalue weighted by molar-refractivity contribution is 6.01. The average molecular weight is 516 g/mol. The van der Waals surface area contributed by atoms with Gasteiger partial charge in [0, 0.05) is 41.2 Å². The van der Waals surface area contributed by atoms with E-state index in [2.05, 4.69) is 15.4 Å². The number of aryl methyl sites for hydroxylation is 3. The number of carbonyl (C=O) groups is 3. The summed E-state index contributed by atoms with van der Waals surface area (Å²) in [6.45, 7) is 8.02. The molecule has 0 spiro atoms. The number of Topliss-reactive ketones (excluding diaryl/α,β-unsaturated/α-hetero) is 1. The van der Waals surface area contributed by atoms with Crippen molar-refractivity contribution in [3.63, 3.8) is 0 Å². The number of carboxylic acid groups (broad SMARTS) is 1. The van der Waals surface area contributed by atoms with Gasteiger partial charge in [0.15, 0.2) is 5.78 Å². The number of carboxylic acids is 1. The predicted octanol–water partition coefficient (Wildman–Crippen LogP) is 5.10. The van der Waals surface area contributed by atoms with E-state index in [9.17, 15) is 14.4 Å². The molecule has 4 rings (SSSR count). The molecule has 1 amide bonds. The van der Waals surface area contributed by atoms with Crippen molar-refractivity contribution in [1.82, 2.24) is 19.3 Å². The quantitative estimate of drug-likeness (QED) is 0.268. The number of nitrogens with zero attached hydrogens (tertiary/aromatic N) is 4. The Kier molecular flexibility index (Phi) is 8.05. The van der Waals surface area contributed by atoms with Crippen LogP contribution in [-0.4, -0.2) is 42.1 Å². The first-order valence-corrected chi connectivity index (χ1v) is 12.8. The number of amides is 1. The molecule has 9 heteroatoms. The number of anilines is 1. The van der Waals surface area contributed by atoms with Gasteiger partial charge in [-0.05, 0) is 62.4 Å². The lowest BCUT2D eigenvalue weighted by Crippen LogP contribution is -2.24. The van der Waals surface area contributed by atoms with Crippen LogP contribution in [0.15, 0.2) is 48.9 Å². The Labute approximate surface area is 221 Å². The third-order valence-corrected chi connectivity index (χ3v) is 6.88. The maximum atomic E-state index is 13.5. The van der Waals surface area contributed by atoms with Gasteiger partial charge >= 0.3 is 5.97 Å². The van der Waals surface area contributed by atoms with Crippen molar-refractivity contribution in [3.8, 4) is 0 Å². The fourth-order valence-electron chi connectivity index (χ4n) is 4.62. The van der Waals surface area contributed by atoms with Crippen LogP contribution in [0.5, 0.6) is 0 Å². The van der Waals surface area contributed by atoms with E-state index >= 15 is 0 Å². The third-order valence-electron chi connectivity index (χ3n) is 6.88. The van der Waals surface area contributed by atoms with Crippen molar-refractivity contribution >= 4 is 34.3 Å². The first-order chi connectivity index (χ1) is 18.2. The van der Waals surface area contributed by atoms with Gasteiger partial charge < -0.3 is 15.0 Å². The second-order valence-electron chi connectivity index (χ2n) is 9.60. The van der Waals surface area contributed by atoms with E-state index in [1.165, 1.54) is 6.33 Å². The molecule has 1 atom stereocenters. The van der Waals surface area contributed by atoms with Crippen molar-refractivity contribution < 1.29 is 19.5 Å². The van der Waals surface area contributed by atoms with Gasteiger partial charge in [-0.15, -0.1) is 0 Å². The molecule has 4 aromatic rings. The molecule has 0 saturated heterocycles. The highest BCUT2D eigenvalue weighted by Crippen LogP contribution is 2.28. The van der Waals surface area contributed by atoms with Gasteiger partial charge in [0.05, 0.1) is 6.54 Å². The number of aromatic nitrogens is 4. The smallest absolute Gasteiger partial charge is 0.303 e. The van der Waals surface area contributed by atoms with Gasteiger partial charge in [0.25, 0.3) is 0 Å². The Hall–Kier alpha value is -4.27. The largest absolute Gasteiger partial charge is 0.481 e. The molecule has 0 aliphatic heterocycles. The summed E-state index contributed by atoms with van der Waals surface area (Å²) in [7, 11) is 0. The molecule has 38 heavy (non-hydrogen) atoms. The van der Waals surface area contributed by atoms with Crippen LogP contribution in [0.25, 0.3) is 10.9 Å². The molecule has 9 nitrogen and oxygen atoms in total. The number of carbonyl (C=O) groups excluding carboxylic acids is 2. The van der Waals surface area contributed by atoms with Crippen LogP contribution in [0.2, 0.25) is 0 Å². The van der Waals surface area contributed by atoms with Gasteiger partial charge in [-0.2, -0.15) is 5.10 Å². The van der Waals surface area contributed by atoms with E-state index in [1.807, 2.05) is 74.9 Å². The Morgan fingerprint density at radius 1 is 1.11 bits per heavy atom. The van der Waals surface area contributed by atoms with Crippen LogP contribution in [-0.2, 0) is 22.6 Å². The summed E-state index contributed by atoms with van der Waals surface area (Å²) in [6, 6.07) is 10.9. The molecule has 2 aromatic carbocycles. The van der Waals surface area contributed by atoms with Crippen LogP contribution in [0.1, 0.15) is 72.0 Å². The highest BCUT2D eigenvalue weighted by Gasteiger charge is 2.20. The summed E-state index contributed by atoms with van der Waals surface area (Å²) >= 11 is 0. The molecule has 198 valence electrons. The van der Waals surface area contributed by atoms with E-state index in [-0.39, 0.29) is 18.1 Å².